The first-order chi connectivity index (χ1) is 15.3. The third kappa shape index (κ3) is 4.37. The van der Waals surface area contributed by atoms with Crippen molar-refractivity contribution >= 4 is 14.6 Å². The standard InChI is InChI=1S/C30H52O2Si/c1-21(10-9-19-31)25-13-14-26-24-12-11-22-20-23(32-33(7,8)28(2,3)4)15-17-29(22,5)27(24)16-18-30(25,26)6/h19,21-23,25-26H,9-18,20H2,1-8H3/t21-,22-,23-,25+,26-,29-,30+/m0/s1. The molecule has 188 valence electrons. The summed E-state index contributed by atoms with van der Waals surface area (Å²) in [5.41, 5.74) is 4.68. The van der Waals surface area contributed by atoms with Gasteiger partial charge in [0.1, 0.15) is 6.29 Å². The predicted octanol–water partition coefficient (Wildman–Crippen LogP) is 8.72. The number of fused-ring (bicyclic) bond motifs is 4. The van der Waals surface area contributed by atoms with Crippen LogP contribution >= 0.6 is 0 Å². The van der Waals surface area contributed by atoms with Gasteiger partial charge in [0.15, 0.2) is 8.32 Å². The second kappa shape index (κ2) is 8.91. The Morgan fingerprint density at radius 1 is 1.09 bits per heavy atom. The summed E-state index contributed by atoms with van der Waals surface area (Å²) in [5.74, 6) is 3.11. The first-order valence-electron chi connectivity index (χ1n) is 14.2. The monoisotopic (exact) mass is 472 g/mol. The van der Waals surface area contributed by atoms with Crippen LogP contribution < -0.4 is 0 Å². The third-order valence-corrected chi connectivity index (χ3v) is 16.2. The van der Waals surface area contributed by atoms with Gasteiger partial charge in [-0.3, -0.25) is 0 Å². The maximum atomic E-state index is 11.0. The third-order valence-electron chi connectivity index (χ3n) is 11.7. The largest absolute Gasteiger partial charge is 0.414 e. The molecule has 4 rings (SSSR count). The van der Waals surface area contributed by atoms with Crippen molar-refractivity contribution in [1.29, 1.82) is 0 Å². The van der Waals surface area contributed by atoms with Gasteiger partial charge < -0.3 is 9.22 Å². The molecular formula is C30H52O2Si. The molecule has 3 heteroatoms. The van der Waals surface area contributed by atoms with Gasteiger partial charge in [-0.05, 0) is 117 Å². The Morgan fingerprint density at radius 3 is 2.48 bits per heavy atom. The second-order valence-corrected chi connectivity index (χ2v) is 19.2. The van der Waals surface area contributed by atoms with Crippen LogP contribution in [0.2, 0.25) is 18.1 Å². The molecule has 2 fully saturated rings. The highest BCUT2D eigenvalue weighted by Crippen LogP contribution is 2.66. The van der Waals surface area contributed by atoms with Crippen LogP contribution in [0.25, 0.3) is 0 Å². The van der Waals surface area contributed by atoms with E-state index in [0.29, 0.717) is 27.9 Å². The fourth-order valence-electron chi connectivity index (χ4n) is 8.63. The van der Waals surface area contributed by atoms with E-state index >= 15 is 0 Å². The van der Waals surface area contributed by atoms with E-state index in [1.165, 1.54) is 57.8 Å². The van der Waals surface area contributed by atoms with Crippen molar-refractivity contribution in [3.63, 3.8) is 0 Å². The molecule has 33 heavy (non-hydrogen) atoms. The van der Waals surface area contributed by atoms with Crippen LogP contribution in [0.1, 0.15) is 112 Å². The molecule has 7 atom stereocenters. The normalized spacial score (nSPS) is 40.1. The Hall–Kier alpha value is -0.413. The first kappa shape index (κ1) is 25.7. The molecule has 0 unspecified atom stereocenters. The highest BCUT2D eigenvalue weighted by Gasteiger charge is 2.56. The number of rotatable bonds is 6. The van der Waals surface area contributed by atoms with E-state index in [1.54, 1.807) is 0 Å². The molecule has 0 amide bonds. The van der Waals surface area contributed by atoms with Gasteiger partial charge in [0.25, 0.3) is 0 Å². The minimum Gasteiger partial charge on any atom is -0.414 e. The predicted molar refractivity (Wildman–Crippen MR) is 142 cm³/mol. The maximum absolute atomic E-state index is 11.0. The SMILES string of the molecule is C[C@@H](CCC=O)[C@H]1CC[C@H]2C3=C(CC[C@]12C)[C@@]1(C)CC[C@H](O[Si](C)(C)C(C)(C)C)C[C@@H]1CC3. The fraction of sp³-hybridized carbons (Fsp3) is 0.900. The van der Waals surface area contributed by atoms with Crippen LogP contribution in [0.3, 0.4) is 0 Å². The van der Waals surface area contributed by atoms with Gasteiger partial charge in [-0.15, -0.1) is 0 Å². The van der Waals surface area contributed by atoms with Gasteiger partial charge in [0.05, 0.1) is 0 Å². The van der Waals surface area contributed by atoms with E-state index in [9.17, 15) is 4.79 Å². The zero-order chi connectivity index (χ0) is 24.2. The quantitative estimate of drug-likeness (QED) is 0.219. The van der Waals surface area contributed by atoms with E-state index in [1.807, 2.05) is 11.1 Å². The number of aldehydes is 1. The minimum absolute atomic E-state index is 0.297. The average Bonchev–Trinajstić information content (AvgIpc) is 3.08. The molecule has 0 bridgehead atoms. The van der Waals surface area contributed by atoms with Crippen molar-refractivity contribution in [2.45, 2.75) is 136 Å². The molecule has 2 nitrogen and oxygen atoms in total. The number of carbonyl (C=O) groups excluding carboxylic acids is 1. The van der Waals surface area contributed by atoms with Gasteiger partial charge in [-0.1, -0.05) is 52.7 Å². The van der Waals surface area contributed by atoms with Gasteiger partial charge in [-0.25, -0.2) is 0 Å². The Morgan fingerprint density at radius 2 is 1.82 bits per heavy atom. The van der Waals surface area contributed by atoms with Gasteiger partial charge in [0, 0.05) is 12.5 Å². The highest BCUT2D eigenvalue weighted by atomic mass is 28.4. The summed E-state index contributed by atoms with van der Waals surface area (Å²) in [7, 11) is -1.70. The molecule has 0 aromatic rings. The molecule has 4 aliphatic carbocycles. The molecule has 0 radical (unpaired) electrons. The van der Waals surface area contributed by atoms with Crippen LogP contribution in [0, 0.1) is 34.5 Å². The van der Waals surface area contributed by atoms with Crippen LogP contribution in [0.4, 0.5) is 0 Å². The molecule has 0 aliphatic heterocycles. The van der Waals surface area contributed by atoms with Crippen molar-refractivity contribution in [1.82, 2.24) is 0 Å². The second-order valence-electron chi connectivity index (χ2n) is 14.4. The summed E-state index contributed by atoms with van der Waals surface area (Å²) in [6, 6.07) is 0. The Balaban J connectivity index is 1.51. The lowest BCUT2D eigenvalue weighted by atomic mass is 9.50. The molecule has 0 spiro atoms. The molecule has 0 heterocycles. The molecule has 0 aromatic carbocycles. The van der Waals surface area contributed by atoms with Crippen molar-refractivity contribution in [2.75, 3.05) is 0 Å². The first-order valence-corrected chi connectivity index (χ1v) is 17.1. The van der Waals surface area contributed by atoms with E-state index in [4.69, 9.17) is 4.43 Å². The van der Waals surface area contributed by atoms with Crippen molar-refractivity contribution in [3.05, 3.63) is 11.1 Å². The maximum Gasteiger partial charge on any atom is 0.192 e. The highest BCUT2D eigenvalue weighted by molar-refractivity contribution is 6.74. The number of hydrogen-bond donors (Lipinski definition) is 0. The average molecular weight is 473 g/mol. The van der Waals surface area contributed by atoms with E-state index in [0.717, 1.165) is 36.9 Å². The Labute approximate surface area is 205 Å². The van der Waals surface area contributed by atoms with E-state index in [2.05, 4.69) is 54.6 Å². The van der Waals surface area contributed by atoms with E-state index < -0.39 is 8.32 Å². The van der Waals surface area contributed by atoms with Crippen molar-refractivity contribution in [3.8, 4) is 0 Å². The summed E-state index contributed by atoms with van der Waals surface area (Å²) in [6.07, 6.45) is 15.5. The topological polar surface area (TPSA) is 26.3 Å². The zero-order valence-corrected chi connectivity index (χ0v) is 24.1. The van der Waals surface area contributed by atoms with Gasteiger partial charge >= 0.3 is 0 Å². The summed E-state index contributed by atoms with van der Waals surface area (Å²) < 4.78 is 6.93. The van der Waals surface area contributed by atoms with Crippen LogP contribution in [0.5, 0.6) is 0 Å². The molecule has 0 aromatic heterocycles. The lowest BCUT2D eigenvalue weighted by molar-refractivity contribution is -0.108. The summed E-state index contributed by atoms with van der Waals surface area (Å²) in [6.45, 7) is 19.7. The van der Waals surface area contributed by atoms with Crippen molar-refractivity contribution < 1.29 is 9.22 Å². The molecule has 0 saturated heterocycles. The Bertz CT molecular complexity index is 777. The molecule has 2 saturated carbocycles. The molecular weight excluding hydrogens is 420 g/mol. The van der Waals surface area contributed by atoms with Gasteiger partial charge in [-0.2, -0.15) is 0 Å². The zero-order valence-electron chi connectivity index (χ0n) is 23.1. The molecule has 0 N–H and O–H groups in total. The summed E-state index contributed by atoms with van der Waals surface area (Å²) in [5, 5.41) is 0.297. The smallest absolute Gasteiger partial charge is 0.192 e. The van der Waals surface area contributed by atoms with Crippen LogP contribution in [-0.2, 0) is 9.22 Å². The van der Waals surface area contributed by atoms with Crippen LogP contribution in [0.15, 0.2) is 11.1 Å². The van der Waals surface area contributed by atoms with Crippen LogP contribution in [-0.4, -0.2) is 20.7 Å². The fourth-order valence-corrected chi connectivity index (χ4v) is 10.0. The number of carbonyl (C=O) groups is 1. The lowest BCUT2D eigenvalue weighted by Gasteiger charge is -2.56. The number of hydrogen-bond acceptors (Lipinski definition) is 2. The summed E-state index contributed by atoms with van der Waals surface area (Å²) in [4.78, 5) is 11.0. The number of allylic oxidation sites excluding steroid dienone is 2. The lowest BCUT2D eigenvalue weighted by Crippen LogP contribution is -2.49. The summed E-state index contributed by atoms with van der Waals surface area (Å²) >= 11 is 0. The minimum atomic E-state index is -1.70. The Kier molecular flexibility index (Phi) is 6.93. The van der Waals surface area contributed by atoms with Gasteiger partial charge in [0.2, 0.25) is 0 Å². The van der Waals surface area contributed by atoms with Crippen molar-refractivity contribution in [2.24, 2.45) is 34.5 Å². The molecule has 4 aliphatic rings. The van der Waals surface area contributed by atoms with E-state index in [-0.39, 0.29) is 0 Å².